The number of imidazole rings is 1. The van der Waals surface area contributed by atoms with Crippen LogP contribution in [0.25, 0.3) is 11.6 Å². The number of fused-ring (bicyclic) bond motifs is 1. The predicted molar refractivity (Wildman–Crippen MR) is 114 cm³/mol. The topological polar surface area (TPSA) is 125 Å². The molecule has 0 atom stereocenters. The van der Waals surface area contributed by atoms with Crippen LogP contribution in [0.3, 0.4) is 0 Å². The fraction of sp³-hybridized carbons (Fsp3) is 0.238. The van der Waals surface area contributed by atoms with E-state index in [1.54, 1.807) is 36.7 Å². The molecule has 0 fully saturated rings. The van der Waals surface area contributed by atoms with E-state index in [4.69, 9.17) is 4.52 Å². The smallest absolute Gasteiger partial charge is 0.324 e. The number of carbonyl (C=O) groups excluding carboxylic acids is 2. The van der Waals surface area contributed by atoms with Gasteiger partial charge >= 0.3 is 6.03 Å². The number of nitrogens with zero attached hydrogens (tertiary/aromatic N) is 2. The first-order valence-electron chi connectivity index (χ1n) is 9.43. The lowest BCUT2D eigenvalue weighted by atomic mass is 9.93. The Morgan fingerprint density at radius 1 is 1.20 bits per heavy atom. The monoisotopic (exact) mass is 406 g/mol. The Morgan fingerprint density at radius 3 is 2.67 bits per heavy atom. The standard InChI is InChI=1S/C21H22N6O3/c1-11-15(23-10-22-11)8-14-13-6-5-12(7-16(13)25-19(14)28)24-20(29)26-18-9-17(30-27-18)21(2,3)4/h5-10H,1-4H3,(H,22,23)(H,25,28)(H2,24,26,27,29)/b14-8-. The van der Waals surface area contributed by atoms with Crippen LogP contribution >= 0.6 is 0 Å². The van der Waals surface area contributed by atoms with E-state index in [9.17, 15) is 9.59 Å². The number of hydrogen-bond acceptors (Lipinski definition) is 5. The van der Waals surface area contributed by atoms with E-state index in [1.807, 2.05) is 27.7 Å². The minimum atomic E-state index is -0.461. The quantitative estimate of drug-likeness (QED) is 0.487. The molecule has 0 aliphatic carbocycles. The number of nitrogens with one attached hydrogen (secondary N) is 4. The molecule has 0 bridgehead atoms. The molecular weight excluding hydrogens is 384 g/mol. The molecule has 9 heteroatoms. The molecule has 0 saturated heterocycles. The van der Waals surface area contributed by atoms with Crippen molar-refractivity contribution in [2.45, 2.75) is 33.1 Å². The third kappa shape index (κ3) is 3.82. The van der Waals surface area contributed by atoms with Crippen molar-refractivity contribution >= 4 is 40.8 Å². The van der Waals surface area contributed by atoms with Crippen LogP contribution in [-0.2, 0) is 10.2 Å². The molecular formula is C21H22N6O3. The van der Waals surface area contributed by atoms with E-state index < -0.39 is 6.03 Å². The van der Waals surface area contributed by atoms with Gasteiger partial charge < -0.3 is 20.1 Å². The highest BCUT2D eigenvalue weighted by molar-refractivity contribution is 6.35. The van der Waals surface area contributed by atoms with E-state index in [-0.39, 0.29) is 11.3 Å². The summed E-state index contributed by atoms with van der Waals surface area (Å²) in [5.74, 6) is 0.787. The van der Waals surface area contributed by atoms with Crippen LogP contribution in [0.15, 0.2) is 35.1 Å². The van der Waals surface area contributed by atoms with Crippen molar-refractivity contribution in [1.82, 2.24) is 15.1 Å². The lowest BCUT2D eigenvalue weighted by molar-refractivity contribution is -0.110. The first kappa shape index (κ1) is 19.4. The molecule has 3 heterocycles. The van der Waals surface area contributed by atoms with Crippen molar-refractivity contribution < 1.29 is 14.1 Å². The van der Waals surface area contributed by atoms with E-state index in [0.29, 0.717) is 28.5 Å². The highest BCUT2D eigenvalue weighted by atomic mass is 16.5. The molecule has 30 heavy (non-hydrogen) atoms. The Hall–Kier alpha value is -3.88. The molecule has 4 rings (SSSR count). The maximum Gasteiger partial charge on any atom is 0.324 e. The number of benzene rings is 1. The Bertz CT molecular complexity index is 1170. The van der Waals surface area contributed by atoms with Crippen LogP contribution in [0.2, 0.25) is 0 Å². The molecule has 1 aromatic carbocycles. The van der Waals surface area contributed by atoms with Crippen molar-refractivity contribution in [3.05, 3.63) is 53.3 Å². The maximum atomic E-state index is 12.4. The van der Waals surface area contributed by atoms with Crippen molar-refractivity contribution in [3.8, 4) is 0 Å². The second-order valence-electron chi connectivity index (χ2n) is 8.08. The predicted octanol–water partition coefficient (Wildman–Crippen LogP) is 4.14. The molecule has 0 unspecified atom stereocenters. The van der Waals surface area contributed by atoms with E-state index >= 15 is 0 Å². The van der Waals surface area contributed by atoms with Crippen LogP contribution in [-0.4, -0.2) is 27.1 Å². The molecule has 9 nitrogen and oxygen atoms in total. The average molecular weight is 406 g/mol. The van der Waals surface area contributed by atoms with Crippen LogP contribution in [0.5, 0.6) is 0 Å². The molecule has 1 aliphatic rings. The van der Waals surface area contributed by atoms with Crippen LogP contribution in [0, 0.1) is 6.92 Å². The number of hydrogen-bond donors (Lipinski definition) is 4. The van der Waals surface area contributed by atoms with Crippen LogP contribution < -0.4 is 16.0 Å². The van der Waals surface area contributed by atoms with Gasteiger partial charge in [0.15, 0.2) is 5.82 Å². The second kappa shape index (κ2) is 7.18. The summed E-state index contributed by atoms with van der Waals surface area (Å²) in [5.41, 5.74) is 3.82. The highest BCUT2D eigenvalue weighted by Gasteiger charge is 2.25. The zero-order valence-electron chi connectivity index (χ0n) is 17.1. The number of aromatic nitrogens is 3. The summed E-state index contributed by atoms with van der Waals surface area (Å²) in [6.07, 6.45) is 3.35. The van der Waals surface area contributed by atoms with Gasteiger partial charge in [-0.05, 0) is 25.1 Å². The normalized spacial score (nSPS) is 14.5. The molecule has 2 aromatic heterocycles. The fourth-order valence-electron chi connectivity index (χ4n) is 3.04. The third-order valence-electron chi connectivity index (χ3n) is 4.71. The van der Waals surface area contributed by atoms with Gasteiger partial charge in [-0.3, -0.25) is 10.1 Å². The van der Waals surface area contributed by atoms with Gasteiger partial charge in [0.1, 0.15) is 5.76 Å². The van der Waals surface area contributed by atoms with Gasteiger partial charge in [-0.25, -0.2) is 9.78 Å². The number of aryl methyl sites for hydroxylation is 1. The SMILES string of the molecule is Cc1nc[nH]c1/C=C1\C(=O)Nc2cc(NC(=O)Nc3cc(C(C)(C)C)on3)ccc21. The summed E-state index contributed by atoms with van der Waals surface area (Å²) in [4.78, 5) is 31.8. The van der Waals surface area contributed by atoms with Crippen molar-refractivity contribution in [2.75, 3.05) is 16.0 Å². The first-order valence-corrected chi connectivity index (χ1v) is 9.43. The molecule has 4 N–H and O–H groups in total. The van der Waals surface area contributed by atoms with Gasteiger partial charge in [0, 0.05) is 22.7 Å². The zero-order valence-corrected chi connectivity index (χ0v) is 17.1. The summed E-state index contributed by atoms with van der Waals surface area (Å²) in [6, 6.07) is 6.45. The Labute approximate surface area is 173 Å². The number of urea groups is 1. The van der Waals surface area contributed by atoms with Gasteiger partial charge in [-0.15, -0.1) is 0 Å². The largest absolute Gasteiger partial charge is 0.359 e. The number of H-pyrrole nitrogens is 1. The average Bonchev–Trinajstić information content (AvgIpc) is 3.35. The van der Waals surface area contributed by atoms with Gasteiger partial charge in [-0.1, -0.05) is 32.0 Å². The van der Waals surface area contributed by atoms with Crippen molar-refractivity contribution in [2.24, 2.45) is 0 Å². The lowest BCUT2D eigenvalue weighted by Gasteiger charge is -2.12. The first-order chi connectivity index (χ1) is 14.2. The zero-order chi connectivity index (χ0) is 21.5. The summed E-state index contributed by atoms with van der Waals surface area (Å²) < 4.78 is 5.26. The van der Waals surface area contributed by atoms with Crippen LogP contribution in [0.4, 0.5) is 22.0 Å². The summed E-state index contributed by atoms with van der Waals surface area (Å²) in [6.45, 7) is 7.84. The molecule has 0 spiro atoms. The van der Waals surface area contributed by atoms with E-state index in [0.717, 1.165) is 17.0 Å². The van der Waals surface area contributed by atoms with Gasteiger partial charge in [0.2, 0.25) is 0 Å². The minimum absolute atomic E-state index is 0.207. The number of carbonyl (C=O) groups is 2. The molecule has 0 radical (unpaired) electrons. The summed E-state index contributed by atoms with van der Waals surface area (Å²) in [5, 5.41) is 12.1. The minimum Gasteiger partial charge on any atom is -0.359 e. The molecule has 3 amide bonds. The molecule has 1 aliphatic heterocycles. The van der Waals surface area contributed by atoms with Crippen molar-refractivity contribution in [1.29, 1.82) is 0 Å². The van der Waals surface area contributed by atoms with Gasteiger partial charge in [0.05, 0.1) is 29.0 Å². The summed E-state index contributed by atoms with van der Waals surface area (Å²) >= 11 is 0. The Morgan fingerprint density at radius 2 is 2.00 bits per heavy atom. The fourth-order valence-corrected chi connectivity index (χ4v) is 3.04. The molecule has 154 valence electrons. The van der Waals surface area contributed by atoms with E-state index in [1.165, 1.54) is 0 Å². The second-order valence-corrected chi connectivity index (χ2v) is 8.08. The van der Waals surface area contributed by atoms with Crippen LogP contribution in [0.1, 0.15) is 43.5 Å². The number of rotatable bonds is 3. The highest BCUT2D eigenvalue weighted by Crippen LogP contribution is 2.35. The molecule has 0 saturated carbocycles. The van der Waals surface area contributed by atoms with Gasteiger partial charge in [0.25, 0.3) is 5.91 Å². The summed E-state index contributed by atoms with van der Waals surface area (Å²) in [7, 11) is 0. The Kier molecular flexibility index (Phi) is 4.65. The number of amides is 3. The van der Waals surface area contributed by atoms with Crippen molar-refractivity contribution in [3.63, 3.8) is 0 Å². The number of anilines is 3. The number of aromatic amines is 1. The maximum absolute atomic E-state index is 12.4. The lowest BCUT2D eigenvalue weighted by Crippen LogP contribution is -2.19. The van der Waals surface area contributed by atoms with Gasteiger partial charge in [-0.2, -0.15) is 0 Å². The van der Waals surface area contributed by atoms with E-state index in [2.05, 4.69) is 31.1 Å². The third-order valence-corrected chi connectivity index (χ3v) is 4.71. The molecule has 3 aromatic rings. The Balaban J connectivity index is 1.49.